The fourth-order valence-corrected chi connectivity index (χ4v) is 1.10. The van der Waals surface area contributed by atoms with Crippen molar-refractivity contribution in [3.63, 3.8) is 0 Å². The molecule has 14 heavy (non-hydrogen) atoms. The fraction of sp³-hybridized carbons (Fsp3) is 0.800. The summed E-state index contributed by atoms with van der Waals surface area (Å²) in [6.45, 7) is 5.81. The third kappa shape index (κ3) is 4.84. The lowest BCUT2D eigenvalue weighted by Crippen LogP contribution is -2.34. The van der Waals surface area contributed by atoms with Crippen molar-refractivity contribution in [2.24, 2.45) is 11.8 Å². The number of rotatable bonds is 5. The van der Waals surface area contributed by atoms with Crippen LogP contribution in [0, 0.1) is 11.8 Å². The smallest absolute Gasteiger partial charge is 0.308 e. The Balaban J connectivity index is 4.01. The van der Waals surface area contributed by atoms with Gasteiger partial charge in [-0.1, -0.05) is 20.8 Å². The number of carbonyl (C=O) groups is 2. The van der Waals surface area contributed by atoms with Gasteiger partial charge in [-0.25, -0.2) is 0 Å². The van der Waals surface area contributed by atoms with Crippen molar-refractivity contribution in [3.8, 4) is 0 Å². The van der Waals surface area contributed by atoms with Crippen molar-refractivity contribution < 1.29 is 14.7 Å². The normalized spacial score (nSPS) is 12.6. The van der Waals surface area contributed by atoms with Crippen LogP contribution in [0.3, 0.4) is 0 Å². The van der Waals surface area contributed by atoms with E-state index in [0.29, 0.717) is 12.3 Å². The molecule has 0 fully saturated rings. The second-order valence-corrected chi connectivity index (χ2v) is 4.11. The van der Waals surface area contributed by atoms with Crippen LogP contribution in [0.2, 0.25) is 0 Å². The first-order valence-corrected chi connectivity index (χ1v) is 4.81. The summed E-state index contributed by atoms with van der Waals surface area (Å²) in [5.74, 6) is -1.05. The van der Waals surface area contributed by atoms with Gasteiger partial charge in [-0.15, -0.1) is 0 Å². The van der Waals surface area contributed by atoms with E-state index in [4.69, 9.17) is 5.11 Å². The molecule has 82 valence electrons. The van der Waals surface area contributed by atoms with Gasteiger partial charge in [0.25, 0.3) is 0 Å². The molecule has 0 spiro atoms. The SMILES string of the molecule is CC(C)CC(=O)N(C)CC(C)C(=O)O. The molecule has 0 rings (SSSR count). The Morgan fingerprint density at radius 2 is 1.79 bits per heavy atom. The molecule has 0 aliphatic heterocycles. The minimum Gasteiger partial charge on any atom is -0.481 e. The van der Waals surface area contributed by atoms with Crippen molar-refractivity contribution >= 4 is 11.9 Å². The van der Waals surface area contributed by atoms with Gasteiger partial charge in [0, 0.05) is 20.0 Å². The van der Waals surface area contributed by atoms with Crippen LogP contribution < -0.4 is 0 Å². The van der Waals surface area contributed by atoms with Gasteiger partial charge < -0.3 is 10.0 Å². The van der Waals surface area contributed by atoms with E-state index in [1.807, 2.05) is 13.8 Å². The van der Waals surface area contributed by atoms with Crippen LogP contribution in [0.4, 0.5) is 0 Å². The van der Waals surface area contributed by atoms with E-state index < -0.39 is 11.9 Å². The van der Waals surface area contributed by atoms with Gasteiger partial charge in [0.1, 0.15) is 0 Å². The van der Waals surface area contributed by atoms with Gasteiger partial charge in [0.2, 0.25) is 5.91 Å². The van der Waals surface area contributed by atoms with E-state index >= 15 is 0 Å². The number of hydrogen-bond donors (Lipinski definition) is 1. The van der Waals surface area contributed by atoms with Crippen LogP contribution >= 0.6 is 0 Å². The highest BCUT2D eigenvalue weighted by atomic mass is 16.4. The van der Waals surface area contributed by atoms with E-state index in [0.717, 1.165) is 0 Å². The molecule has 1 amide bonds. The predicted molar refractivity (Wildman–Crippen MR) is 53.9 cm³/mol. The molecule has 1 unspecified atom stereocenters. The zero-order valence-corrected chi connectivity index (χ0v) is 9.28. The zero-order chi connectivity index (χ0) is 11.3. The Bertz CT molecular complexity index is 213. The van der Waals surface area contributed by atoms with E-state index in [2.05, 4.69) is 0 Å². The Hall–Kier alpha value is -1.06. The van der Waals surface area contributed by atoms with Crippen molar-refractivity contribution in [2.75, 3.05) is 13.6 Å². The van der Waals surface area contributed by atoms with Gasteiger partial charge >= 0.3 is 5.97 Å². The quantitative estimate of drug-likeness (QED) is 0.727. The molecular weight excluding hydrogens is 182 g/mol. The topological polar surface area (TPSA) is 57.6 Å². The lowest BCUT2D eigenvalue weighted by molar-refractivity contribution is -0.142. The largest absolute Gasteiger partial charge is 0.481 e. The lowest BCUT2D eigenvalue weighted by Gasteiger charge is -2.20. The predicted octanol–water partition coefficient (Wildman–Crippen LogP) is 1.21. The molecule has 0 saturated heterocycles. The van der Waals surface area contributed by atoms with Gasteiger partial charge in [-0.3, -0.25) is 9.59 Å². The number of carboxylic acids is 1. The molecule has 0 aromatic rings. The standard InChI is InChI=1S/C10H19NO3/c1-7(2)5-9(12)11(4)6-8(3)10(13)14/h7-8H,5-6H2,1-4H3,(H,13,14). The number of aliphatic carboxylic acids is 1. The summed E-state index contributed by atoms with van der Waals surface area (Å²) in [5, 5.41) is 8.66. The first-order chi connectivity index (χ1) is 6.34. The van der Waals surface area contributed by atoms with Crippen LogP contribution in [-0.2, 0) is 9.59 Å². The molecule has 0 aromatic heterocycles. The molecule has 1 atom stereocenters. The molecule has 4 nitrogen and oxygen atoms in total. The summed E-state index contributed by atoms with van der Waals surface area (Å²) in [5.41, 5.74) is 0. The minimum absolute atomic E-state index is 0.00750. The van der Waals surface area contributed by atoms with Crippen molar-refractivity contribution in [3.05, 3.63) is 0 Å². The highest BCUT2D eigenvalue weighted by Gasteiger charge is 2.17. The molecule has 0 bridgehead atoms. The first kappa shape index (κ1) is 12.9. The summed E-state index contributed by atoms with van der Waals surface area (Å²) in [7, 11) is 1.64. The molecule has 1 N–H and O–H groups in total. The van der Waals surface area contributed by atoms with E-state index in [1.165, 1.54) is 4.90 Å². The number of amides is 1. The van der Waals surface area contributed by atoms with Gasteiger partial charge in [-0.05, 0) is 5.92 Å². The first-order valence-electron chi connectivity index (χ1n) is 4.81. The second kappa shape index (κ2) is 5.62. The minimum atomic E-state index is -0.866. The highest BCUT2D eigenvalue weighted by Crippen LogP contribution is 2.05. The Morgan fingerprint density at radius 3 is 2.14 bits per heavy atom. The summed E-state index contributed by atoms with van der Waals surface area (Å²) in [6, 6.07) is 0. The van der Waals surface area contributed by atoms with E-state index in [9.17, 15) is 9.59 Å². The van der Waals surface area contributed by atoms with Gasteiger partial charge in [0.15, 0.2) is 0 Å². The maximum atomic E-state index is 11.4. The zero-order valence-electron chi connectivity index (χ0n) is 9.28. The van der Waals surface area contributed by atoms with Crippen molar-refractivity contribution in [1.29, 1.82) is 0 Å². The Kier molecular flexibility index (Phi) is 5.20. The number of nitrogens with zero attached hydrogens (tertiary/aromatic N) is 1. The highest BCUT2D eigenvalue weighted by molar-refractivity contribution is 5.77. The maximum Gasteiger partial charge on any atom is 0.308 e. The molecule has 0 aromatic carbocycles. The Morgan fingerprint density at radius 1 is 1.29 bits per heavy atom. The van der Waals surface area contributed by atoms with Gasteiger partial charge in [-0.2, -0.15) is 0 Å². The van der Waals surface area contributed by atoms with Crippen molar-refractivity contribution in [1.82, 2.24) is 4.90 Å². The third-order valence-electron chi connectivity index (χ3n) is 1.98. The summed E-state index contributed by atoms with van der Waals surface area (Å²) in [6.07, 6.45) is 0.475. The molecular formula is C10H19NO3. The summed E-state index contributed by atoms with van der Waals surface area (Å²) >= 11 is 0. The van der Waals surface area contributed by atoms with E-state index in [-0.39, 0.29) is 12.5 Å². The summed E-state index contributed by atoms with van der Waals surface area (Å²) in [4.78, 5) is 23.5. The number of carbonyl (C=O) groups excluding carboxylic acids is 1. The molecule has 4 heteroatoms. The van der Waals surface area contributed by atoms with Crippen LogP contribution in [-0.4, -0.2) is 35.5 Å². The molecule has 0 heterocycles. The average molecular weight is 201 g/mol. The van der Waals surface area contributed by atoms with Crippen molar-refractivity contribution in [2.45, 2.75) is 27.2 Å². The Labute approximate surface area is 84.9 Å². The van der Waals surface area contributed by atoms with Crippen LogP contribution in [0.5, 0.6) is 0 Å². The monoisotopic (exact) mass is 201 g/mol. The molecule has 0 aliphatic carbocycles. The number of carboxylic acid groups (broad SMARTS) is 1. The summed E-state index contributed by atoms with van der Waals surface area (Å²) < 4.78 is 0. The molecule has 0 saturated carbocycles. The average Bonchev–Trinajstić information content (AvgIpc) is 2.02. The molecule has 0 aliphatic rings. The van der Waals surface area contributed by atoms with Crippen LogP contribution in [0.1, 0.15) is 27.2 Å². The third-order valence-corrected chi connectivity index (χ3v) is 1.98. The van der Waals surface area contributed by atoms with Crippen LogP contribution in [0.25, 0.3) is 0 Å². The van der Waals surface area contributed by atoms with E-state index in [1.54, 1.807) is 14.0 Å². The lowest BCUT2D eigenvalue weighted by atomic mass is 10.1. The van der Waals surface area contributed by atoms with Gasteiger partial charge in [0.05, 0.1) is 5.92 Å². The molecule has 0 radical (unpaired) electrons. The number of hydrogen-bond acceptors (Lipinski definition) is 2. The maximum absolute atomic E-state index is 11.4. The van der Waals surface area contributed by atoms with Crippen LogP contribution in [0.15, 0.2) is 0 Å². The fourth-order valence-electron chi connectivity index (χ4n) is 1.10. The second-order valence-electron chi connectivity index (χ2n) is 4.11.